The Morgan fingerprint density at radius 3 is 2.55 bits per heavy atom. The van der Waals surface area contributed by atoms with Crippen LogP contribution in [0.15, 0.2) is 43.0 Å². The number of hydrogen-bond acceptors (Lipinski definition) is 1. The van der Waals surface area contributed by atoms with Crippen molar-refractivity contribution in [2.24, 2.45) is 0 Å². The van der Waals surface area contributed by atoms with Gasteiger partial charge in [-0.25, -0.2) is 0 Å². The van der Waals surface area contributed by atoms with Crippen LogP contribution in [0.5, 0.6) is 0 Å². The summed E-state index contributed by atoms with van der Waals surface area (Å²) in [5.41, 5.74) is 0. The Labute approximate surface area is 68.2 Å². The molecule has 0 aliphatic heterocycles. The minimum Gasteiger partial charge on any atom is -0.369 e. The quantitative estimate of drug-likeness (QED) is 0.537. The third kappa shape index (κ3) is 2.45. The molecule has 1 aromatic carbocycles. The van der Waals surface area contributed by atoms with Gasteiger partial charge in [0, 0.05) is 11.5 Å². The second kappa shape index (κ2) is 4.27. The average Bonchev–Trinajstić information content (AvgIpc) is 2.07. The molecular formula is C9H11OP. The molecule has 1 unspecified atom stereocenters. The molecule has 1 atom stereocenters. The first-order valence-corrected chi connectivity index (χ1v) is 4.95. The molecule has 0 heterocycles. The van der Waals surface area contributed by atoms with E-state index in [1.165, 1.54) is 0 Å². The van der Waals surface area contributed by atoms with Crippen LogP contribution in [0.4, 0.5) is 0 Å². The molecule has 1 rings (SSSR count). The van der Waals surface area contributed by atoms with Crippen LogP contribution in [-0.2, 0) is 0 Å². The van der Waals surface area contributed by atoms with E-state index in [1.807, 2.05) is 30.3 Å². The van der Waals surface area contributed by atoms with E-state index >= 15 is 0 Å². The maximum absolute atomic E-state index is 9.51. The van der Waals surface area contributed by atoms with Crippen molar-refractivity contribution in [3.8, 4) is 0 Å². The Balaban J connectivity index is 2.68. The van der Waals surface area contributed by atoms with Gasteiger partial charge in [-0.2, -0.15) is 0 Å². The van der Waals surface area contributed by atoms with Crippen LogP contribution >= 0.6 is 8.15 Å². The minimum atomic E-state index is -0.994. The van der Waals surface area contributed by atoms with Crippen molar-refractivity contribution in [2.45, 2.75) is 0 Å². The molecule has 0 radical (unpaired) electrons. The lowest BCUT2D eigenvalue weighted by atomic mass is 10.4. The highest BCUT2D eigenvalue weighted by atomic mass is 31.1. The zero-order valence-electron chi connectivity index (χ0n) is 6.27. The van der Waals surface area contributed by atoms with Gasteiger partial charge in [0.05, 0.1) is 8.15 Å². The topological polar surface area (TPSA) is 20.2 Å². The molecule has 11 heavy (non-hydrogen) atoms. The van der Waals surface area contributed by atoms with Gasteiger partial charge in [-0.15, -0.1) is 6.58 Å². The second-order valence-electron chi connectivity index (χ2n) is 2.21. The summed E-state index contributed by atoms with van der Waals surface area (Å²) in [5, 5.41) is 1.02. The zero-order valence-corrected chi connectivity index (χ0v) is 7.17. The van der Waals surface area contributed by atoms with Crippen molar-refractivity contribution >= 4 is 13.5 Å². The molecule has 0 aliphatic carbocycles. The van der Waals surface area contributed by atoms with E-state index in [9.17, 15) is 4.89 Å². The lowest BCUT2D eigenvalue weighted by molar-refractivity contribution is 0.637. The molecule has 0 fully saturated rings. The molecule has 0 amide bonds. The highest BCUT2D eigenvalue weighted by Crippen LogP contribution is 2.27. The van der Waals surface area contributed by atoms with Crippen LogP contribution in [0.3, 0.4) is 0 Å². The van der Waals surface area contributed by atoms with Gasteiger partial charge in [0.2, 0.25) is 0 Å². The molecule has 58 valence electrons. The molecule has 0 saturated heterocycles. The van der Waals surface area contributed by atoms with Gasteiger partial charge in [-0.1, -0.05) is 36.4 Å². The Hall–Kier alpha value is -0.650. The maximum Gasteiger partial charge on any atom is 0.0601 e. The van der Waals surface area contributed by atoms with Crippen molar-refractivity contribution in [3.05, 3.63) is 43.0 Å². The fourth-order valence-electron chi connectivity index (χ4n) is 0.828. The highest BCUT2D eigenvalue weighted by molar-refractivity contribution is 7.60. The standard InChI is InChI=1S/C9H11OP/c1-2-8-11(10)9-6-4-3-5-7-9/h2-7,10H,1,8H2. The second-order valence-corrected chi connectivity index (χ2v) is 3.89. The highest BCUT2D eigenvalue weighted by Gasteiger charge is 2.02. The molecule has 1 N–H and O–H groups in total. The van der Waals surface area contributed by atoms with E-state index in [-0.39, 0.29) is 0 Å². The predicted octanol–water partition coefficient (Wildman–Crippen LogP) is 1.89. The van der Waals surface area contributed by atoms with Gasteiger partial charge in [-0.3, -0.25) is 0 Å². The number of rotatable bonds is 3. The largest absolute Gasteiger partial charge is 0.369 e. The summed E-state index contributed by atoms with van der Waals surface area (Å²) >= 11 is 0. The van der Waals surface area contributed by atoms with E-state index in [1.54, 1.807) is 6.08 Å². The van der Waals surface area contributed by atoms with Crippen LogP contribution in [-0.4, -0.2) is 11.1 Å². The Morgan fingerprint density at radius 2 is 2.00 bits per heavy atom. The van der Waals surface area contributed by atoms with Crippen LogP contribution in [0.2, 0.25) is 0 Å². The smallest absolute Gasteiger partial charge is 0.0601 e. The van der Waals surface area contributed by atoms with Crippen molar-refractivity contribution in [1.82, 2.24) is 0 Å². The first-order chi connectivity index (χ1) is 5.34. The number of hydrogen-bond donors (Lipinski definition) is 1. The number of allylic oxidation sites excluding steroid dienone is 1. The molecule has 0 aliphatic rings. The van der Waals surface area contributed by atoms with Gasteiger partial charge in [0.15, 0.2) is 0 Å². The maximum atomic E-state index is 9.51. The van der Waals surface area contributed by atoms with E-state index in [4.69, 9.17) is 0 Å². The van der Waals surface area contributed by atoms with Gasteiger partial charge in [-0.05, 0) is 0 Å². The van der Waals surface area contributed by atoms with E-state index in [2.05, 4.69) is 6.58 Å². The summed E-state index contributed by atoms with van der Waals surface area (Å²) in [4.78, 5) is 9.51. The van der Waals surface area contributed by atoms with Crippen molar-refractivity contribution in [1.29, 1.82) is 0 Å². The first kappa shape index (κ1) is 8.45. The molecule has 1 aromatic rings. The molecular weight excluding hydrogens is 155 g/mol. The third-order valence-corrected chi connectivity index (χ3v) is 2.85. The predicted molar refractivity (Wildman–Crippen MR) is 50.3 cm³/mol. The van der Waals surface area contributed by atoms with Gasteiger partial charge in [0.1, 0.15) is 0 Å². The Kier molecular flexibility index (Phi) is 3.28. The first-order valence-electron chi connectivity index (χ1n) is 3.47. The van der Waals surface area contributed by atoms with Crippen LogP contribution in [0.1, 0.15) is 0 Å². The monoisotopic (exact) mass is 166 g/mol. The van der Waals surface area contributed by atoms with Gasteiger partial charge in [0.25, 0.3) is 0 Å². The summed E-state index contributed by atoms with van der Waals surface area (Å²) in [6.45, 7) is 3.58. The van der Waals surface area contributed by atoms with Crippen LogP contribution in [0.25, 0.3) is 0 Å². The molecule has 0 aromatic heterocycles. The zero-order chi connectivity index (χ0) is 8.10. The van der Waals surface area contributed by atoms with E-state index < -0.39 is 8.15 Å². The molecule has 1 nitrogen and oxygen atoms in total. The minimum absolute atomic E-state index is 0.680. The van der Waals surface area contributed by atoms with Crippen LogP contribution < -0.4 is 5.30 Å². The summed E-state index contributed by atoms with van der Waals surface area (Å²) in [5.74, 6) is 0. The summed E-state index contributed by atoms with van der Waals surface area (Å²) < 4.78 is 0. The summed E-state index contributed by atoms with van der Waals surface area (Å²) in [6.07, 6.45) is 2.43. The molecule has 0 saturated carbocycles. The average molecular weight is 166 g/mol. The third-order valence-electron chi connectivity index (χ3n) is 1.36. The van der Waals surface area contributed by atoms with Gasteiger partial charge >= 0.3 is 0 Å². The number of benzene rings is 1. The molecule has 0 bridgehead atoms. The van der Waals surface area contributed by atoms with E-state index in [0.717, 1.165) is 5.30 Å². The Morgan fingerprint density at radius 1 is 1.36 bits per heavy atom. The van der Waals surface area contributed by atoms with E-state index in [0.29, 0.717) is 6.16 Å². The van der Waals surface area contributed by atoms with Gasteiger partial charge < -0.3 is 4.89 Å². The van der Waals surface area contributed by atoms with Crippen molar-refractivity contribution < 1.29 is 4.89 Å². The van der Waals surface area contributed by atoms with Crippen LogP contribution in [0, 0.1) is 0 Å². The Bertz CT molecular complexity index is 220. The fraction of sp³-hybridized carbons (Fsp3) is 0.111. The summed E-state index contributed by atoms with van der Waals surface area (Å²) in [6, 6.07) is 9.69. The van der Waals surface area contributed by atoms with Crippen molar-refractivity contribution in [2.75, 3.05) is 6.16 Å². The molecule has 0 spiro atoms. The lowest BCUT2D eigenvalue weighted by Crippen LogP contribution is -1.99. The lowest BCUT2D eigenvalue weighted by Gasteiger charge is -2.06. The molecule has 2 heteroatoms. The SMILES string of the molecule is C=CCP(O)c1ccccc1. The fourth-order valence-corrected chi connectivity index (χ4v) is 1.80. The van der Waals surface area contributed by atoms with Crippen molar-refractivity contribution in [3.63, 3.8) is 0 Å². The normalized spacial score (nSPS) is 12.5. The summed E-state index contributed by atoms with van der Waals surface area (Å²) in [7, 11) is -0.994.